The normalized spacial score (nSPS) is 12.2. The summed E-state index contributed by atoms with van der Waals surface area (Å²) < 4.78 is 35.5. The molecule has 16 heavy (non-hydrogen) atoms. The van der Waals surface area contributed by atoms with Gasteiger partial charge in [0, 0.05) is 5.56 Å². The number of benzene rings is 1. The molecule has 2 N–H and O–H groups in total. The zero-order valence-electron chi connectivity index (χ0n) is 8.86. The van der Waals surface area contributed by atoms with E-state index in [9.17, 15) is 12.8 Å². The van der Waals surface area contributed by atoms with Gasteiger partial charge in [0.1, 0.15) is 5.82 Å². The second-order valence-corrected chi connectivity index (χ2v) is 5.48. The van der Waals surface area contributed by atoms with E-state index in [1.807, 2.05) is 6.07 Å². The van der Waals surface area contributed by atoms with Crippen molar-refractivity contribution in [3.8, 4) is 6.07 Å². The van der Waals surface area contributed by atoms with Gasteiger partial charge < -0.3 is 0 Å². The van der Waals surface area contributed by atoms with Gasteiger partial charge in [-0.3, -0.25) is 0 Å². The Morgan fingerprint density at radius 1 is 1.44 bits per heavy atom. The molecule has 0 fully saturated rings. The van der Waals surface area contributed by atoms with Gasteiger partial charge in [-0.25, -0.2) is 17.9 Å². The number of nitriles is 1. The van der Waals surface area contributed by atoms with Crippen molar-refractivity contribution in [3.63, 3.8) is 0 Å². The molecule has 0 amide bonds. The number of primary sulfonamides is 1. The molecular formula is C10H11FN2O2S. The van der Waals surface area contributed by atoms with Gasteiger partial charge in [0.15, 0.2) is 0 Å². The lowest BCUT2D eigenvalue weighted by Gasteiger charge is -2.16. The Hall–Kier alpha value is -1.45. The van der Waals surface area contributed by atoms with Crippen molar-refractivity contribution in [2.24, 2.45) is 5.14 Å². The highest BCUT2D eigenvalue weighted by atomic mass is 32.2. The van der Waals surface area contributed by atoms with Gasteiger partial charge in [-0.15, -0.1) is 0 Å². The van der Waals surface area contributed by atoms with E-state index in [0.29, 0.717) is 0 Å². The van der Waals surface area contributed by atoms with Crippen LogP contribution in [0.15, 0.2) is 23.1 Å². The minimum atomic E-state index is -3.92. The van der Waals surface area contributed by atoms with Crippen molar-refractivity contribution in [1.82, 2.24) is 0 Å². The van der Waals surface area contributed by atoms with Crippen molar-refractivity contribution < 1.29 is 12.8 Å². The van der Waals surface area contributed by atoms with Crippen molar-refractivity contribution >= 4 is 10.0 Å². The Balaban J connectivity index is 3.38. The Morgan fingerprint density at radius 3 is 2.38 bits per heavy atom. The minimum Gasteiger partial charge on any atom is -0.225 e. The van der Waals surface area contributed by atoms with Gasteiger partial charge in [-0.2, -0.15) is 5.26 Å². The Labute approximate surface area is 93.5 Å². The van der Waals surface area contributed by atoms with Crippen LogP contribution in [0.5, 0.6) is 0 Å². The first kappa shape index (κ1) is 12.6. The topological polar surface area (TPSA) is 83.9 Å². The van der Waals surface area contributed by atoms with Gasteiger partial charge >= 0.3 is 0 Å². The molecule has 86 valence electrons. The van der Waals surface area contributed by atoms with Crippen LogP contribution in [0, 0.1) is 17.1 Å². The molecule has 0 radical (unpaired) electrons. The van der Waals surface area contributed by atoms with Crippen molar-refractivity contribution in [1.29, 1.82) is 5.26 Å². The third-order valence-electron chi connectivity index (χ3n) is 2.22. The molecule has 0 bridgehead atoms. The minimum absolute atomic E-state index is 0.141. The van der Waals surface area contributed by atoms with E-state index in [2.05, 4.69) is 0 Å². The average Bonchev–Trinajstić information content (AvgIpc) is 2.16. The maximum absolute atomic E-state index is 13.6. The SMILES string of the molecule is CC(C)(C#N)c1ccc(S(N)(=O)=O)cc1F. The number of hydrogen-bond acceptors (Lipinski definition) is 3. The summed E-state index contributed by atoms with van der Waals surface area (Å²) in [5.41, 5.74) is -0.872. The molecule has 0 saturated heterocycles. The van der Waals surface area contributed by atoms with E-state index in [1.165, 1.54) is 12.1 Å². The van der Waals surface area contributed by atoms with E-state index in [4.69, 9.17) is 10.4 Å². The predicted octanol–water partition coefficient (Wildman–Crippen LogP) is 1.27. The largest absolute Gasteiger partial charge is 0.238 e. The molecule has 1 aromatic rings. The molecule has 4 nitrogen and oxygen atoms in total. The van der Waals surface area contributed by atoms with Crippen LogP contribution < -0.4 is 5.14 Å². The molecular weight excluding hydrogens is 231 g/mol. The smallest absolute Gasteiger partial charge is 0.225 e. The quantitative estimate of drug-likeness (QED) is 0.847. The second-order valence-electron chi connectivity index (χ2n) is 3.92. The number of rotatable bonds is 2. The summed E-state index contributed by atoms with van der Waals surface area (Å²) in [5, 5.41) is 13.7. The van der Waals surface area contributed by atoms with Crippen LogP contribution in [0.1, 0.15) is 19.4 Å². The van der Waals surface area contributed by atoms with Crippen LogP contribution in [0.3, 0.4) is 0 Å². The Morgan fingerprint density at radius 2 is 2.00 bits per heavy atom. The zero-order valence-corrected chi connectivity index (χ0v) is 9.68. The van der Waals surface area contributed by atoms with Crippen LogP contribution in [-0.4, -0.2) is 8.42 Å². The fraction of sp³-hybridized carbons (Fsp3) is 0.300. The lowest BCUT2D eigenvalue weighted by molar-refractivity contribution is 0.557. The molecule has 1 aromatic carbocycles. The van der Waals surface area contributed by atoms with Crippen LogP contribution >= 0.6 is 0 Å². The van der Waals surface area contributed by atoms with Crippen LogP contribution in [0.4, 0.5) is 4.39 Å². The average molecular weight is 242 g/mol. The van der Waals surface area contributed by atoms with E-state index in [0.717, 1.165) is 6.07 Å². The van der Waals surface area contributed by atoms with E-state index >= 15 is 0 Å². The number of hydrogen-bond donors (Lipinski definition) is 1. The van der Waals surface area contributed by atoms with E-state index < -0.39 is 21.3 Å². The maximum Gasteiger partial charge on any atom is 0.238 e. The van der Waals surface area contributed by atoms with Crippen LogP contribution in [0.2, 0.25) is 0 Å². The molecule has 0 aliphatic carbocycles. The number of sulfonamides is 1. The number of nitrogens with zero attached hydrogens (tertiary/aromatic N) is 1. The highest BCUT2D eigenvalue weighted by Crippen LogP contribution is 2.26. The summed E-state index contributed by atoms with van der Waals surface area (Å²) in [4.78, 5) is -0.303. The summed E-state index contributed by atoms with van der Waals surface area (Å²) in [7, 11) is -3.92. The third kappa shape index (κ3) is 2.38. The molecule has 0 aromatic heterocycles. The Bertz CT molecular complexity index is 559. The first-order chi connectivity index (χ1) is 7.18. The number of nitrogens with two attached hydrogens (primary N) is 1. The second kappa shape index (κ2) is 3.85. The molecule has 1 rings (SSSR count). The molecule has 6 heteroatoms. The first-order valence-corrected chi connectivity index (χ1v) is 5.97. The monoisotopic (exact) mass is 242 g/mol. The van der Waals surface area contributed by atoms with E-state index in [-0.39, 0.29) is 10.5 Å². The highest BCUT2D eigenvalue weighted by Gasteiger charge is 2.24. The summed E-state index contributed by atoms with van der Waals surface area (Å²) >= 11 is 0. The predicted molar refractivity (Wildman–Crippen MR) is 56.4 cm³/mol. The van der Waals surface area contributed by atoms with Crippen molar-refractivity contribution in [2.45, 2.75) is 24.2 Å². The first-order valence-electron chi connectivity index (χ1n) is 4.42. The highest BCUT2D eigenvalue weighted by molar-refractivity contribution is 7.89. The van der Waals surface area contributed by atoms with Gasteiger partial charge in [0.25, 0.3) is 0 Å². The lowest BCUT2D eigenvalue weighted by atomic mass is 9.86. The zero-order chi connectivity index (χ0) is 12.6. The third-order valence-corrected chi connectivity index (χ3v) is 3.13. The summed E-state index contributed by atoms with van der Waals surface area (Å²) in [6, 6.07) is 5.21. The summed E-state index contributed by atoms with van der Waals surface area (Å²) in [5.74, 6) is -0.752. The summed E-state index contributed by atoms with van der Waals surface area (Å²) in [6.45, 7) is 3.09. The van der Waals surface area contributed by atoms with Gasteiger partial charge in [0.05, 0.1) is 16.4 Å². The fourth-order valence-corrected chi connectivity index (χ4v) is 1.77. The van der Waals surface area contributed by atoms with Crippen LogP contribution in [0.25, 0.3) is 0 Å². The van der Waals surface area contributed by atoms with Crippen molar-refractivity contribution in [2.75, 3.05) is 0 Å². The standard InChI is InChI=1S/C10H11FN2O2S/c1-10(2,6-12)8-4-3-7(5-9(8)11)16(13,14)15/h3-5H,1-2H3,(H2,13,14,15). The molecule has 0 saturated carbocycles. The molecule has 0 atom stereocenters. The lowest BCUT2D eigenvalue weighted by Crippen LogP contribution is -2.18. The molecule has 0 unspecified atom stereocenters. The van der Waals surface area contributed by atoms with Gasteiger partial charge in [-0.1, -0.05) is 6.07 Å². The van der Waals surface area contributed by atoms with Gasteiger partial charge in [0.2, 0.25) is 10.0 Å². The fourth-order valence-electron chi connectivity index (χ4n) is 1.24. The molecule has 0 spiro atoms. The molecule has 0 heterocycles. The van der Waals surface area contributed by atoms with Crippen molar-refractivity contribution in [3.05, 3.63) is 29.6 Å². The molecule has 0 aliphatic heterocycles. The van der Waals surface area contributed by atoms with E-state index in [1.54, 1.807) is 13.8 Å². The molecule has 0 aliphatic rings. The Kier molecular flexibility index (Phi) is 3.03. The van der Waals surface area contributed by atoms with Gasteiger partial charge in [-0.05, 0) is 26.0 Å². The van der Waals surface area contributed by atoms with Crippen LogP contribution in [-0.2, 0) is 15.4 Å². The number of halogens is 1. The summed E-state index contributed by atoms with van der Waals surface area (Å²) in [6.07, 6.45) is 0. The maximum atomic E-state index is 13.6.